The second-order valence-corrected chi connectivity index (χ2v) is 6.59. The van der Waals surface area contributed by atoms with E-state index in [-0.39, 0.29) is 5.56 Å². The Morgan fingerprint density at radius 2 is 2.07 bits per heavy atom. The summed E-state index contributed by atoms with van der Waals surface area (Å²) in [6.07, 6.45) is 5.35. The lowest BCUT2D eigenvalue weighted by Gasteiger charge is -2.28. The van der Waals surface area contributed by atoms with Gasteiger partial charge in [-0.2, -0.15) is 0 Å². The van der Waals surface area contributed by atoms with Crippen molar-refractivity contribution in [3.63, 3.8) is 0 Å². The van der Waals surface area contributed by atoms with E-state index in [0.29, 0.717) is 41.3 Å². The molecule has 2 heterocycles. The largest absolute Gasteiger partial charge is 0.492 e. The van der Waals surface area contributed by atoms with Crippen molar-refractivity contribution in [2.45, 2.75) is 20.4 Å². The molecule has 0 saturated carbocycles. The molecule has 6 nitrogen and oxygen atoms in total. The topological polar surface area (TPSA) is 59.4 Å². The highest BCUT2D eigenvalue weighted by molar-refractivity contribution is 5.79. The van der Waals surface area contributed by atoms with Crippen LogP contribution in [0.1, 0.15) is 19.7 Å². The van der Waals surface area contributed by atoms with Crippen LogP contribution < -0.4 is 10.9 Å². The molecule has 1 aliphatic rings. The first-order valence-corrected chi connectivity index (χ1v) is 9.76. The third kappa shape index (κ3) is 4.24. The van der Waals surface area contributed by atoms with Gasteiger partial charge in [0.15, 0.2) is 0 Å². The number of piperazine rings is 1. The Morgan fingerprint density at radius 1 is 1.32 bits per heavy atom. The van der Waals surface area contributed by atoms with Crippen molar-refractivity contribution in [3.05, 3.63) is 71.0 Å². The van der Waals surface area contributed by atoms with Gasteiger partial charge in [-0.25, -0.2) is 4.98 Å². The average Bonchev–Trinajstić information content (AvgIpc) is 2.72. The number of fused-ring (bicyclic) bond motifs is 1. The Hall–Kier alpha value is -2.70. The minimum absolute atomic E-state index is 0.0945. The van der Waals surface area contributed by atoms with E-state index in [1.807, 2.05) is 50.3 Å². The summed E-state index contributed by atoms with van der Waals surface area (Å²) in [6, 6.07) is 7.48. The maximum Gasteiger partial charge on any atom is 0.266 e. The minimum atomic E-state index is -0.0945. The summed E-state index contributed by atoms with van der Waals surface area (Å²) in [4.78, 5) is 20.6. The Labute approximate surface area is 165 Å². The Morgan fingerprint density at radius 3 is 2.75 bits per heavy atom. The molecule has 0 aliphatic carbocycles. The zero-order valence-corrected chi connectivity index (χ0v) is 16.6. The third-order valence-electron chi connectivity index (χ3n) is 4.75. The molecule has 1 fully saturated rings. The smallest absolute Gasteiger partial charge is 0.266 e. The lowest BCUT2D eigenvalue weighted by molar-refractivity contribution is 0.224. The maximum absolute atomic E-state index is 13.5. The monoisotopic (exact) mass is 380 g/mol. The number of nitrogens with zero attached hydrogens (tertiary/aromatic N) is 3. The molecule has 0 radical (unpaired) electrons. The van der Waals surface area contributed by atoms with Crippen LogP contribution in [0.4, 0.5) is 0 Å². The van der Waals surface area contributed by atoms with Crippen LogP contribution in [0, 0.1) is 0 Å². The van der Waals surface area contributed by atoms with Crippen LogP contribution in [0.3, 0.4) is 0 Å². The zero-order chi connectivity index (χ0) is 19.9. The van der Waals surface area contributed by atoms with Crippen molar-refractivity contribution in [3.8, 4) is 0 Å². The van der Waals surface area contributed by atoms with E-state index in [4.69, 9.17) is 9.72 Å². The number of hydrogen-bond acceptors (Lipinski definition) is 5. The van der Waals surface area contributed by atoms with Gasteiger partial charge in [0.2, 0.25) is 0 Å². The maximum atomic E-state index is 13.5. The lowest BCUT2D eigenvalue weighted by Crippen LogP contribution is -2.44. The molecule has 1 aromatic heterocycles. The van der Waals surface area contributed by atoms with Crippen LogP contribution in [0.25, 0.3) is 16.6 Å². The molecule has 0 spiro atoms. The second-order valence-electron chi connectivity index (χ2n) is 6.59. The predicted octanol–water partition coefficient (Wildman–Crippen LogP) is 2.77. The highest BCUT2D eigenvalue weighted by atomic mass is 16.5. The average molecular weight is 380 g/mol. The summed E-state index contributed by atoms with van der Waals surface area (Å²) in [5, 5.41) is 3.95. The van der Waals surface area contributed by atoms with Crippen LogP contribution in [-0.2, 0) is 11.3 Å². The van der Waals surface area contributed by atoms with Gasteiger partial charge in [-0.1, -0.05) is 24.8 Å². The third-order valence-corrected chi connectivity index (χ3v) is 4.75. The summed E-state index contributed by atoms with van der Waals surface area (Å²) in [5.41, 5.74) is 1.28. The van der Waals surface area contributed by atoms with Gasteiger partial charge >= 0.3 is 0 Å². The first-order valence-electron chi connectivity index (χ1n) is 9.76. The number of hydrogen-bond donors (Lipinski definition) is 1. The van der Waals surface area contributed by atoms with Crippen molar-refractivity contribution in [2.75, 3.05) is 32.8 Å². The summed E-state index contributed by atoms with van der Waals surface area (Å²) in [7, 11) is 0. The van der Waals surface area contributed by atoms with Gasteiger partial charge in [0.05, 0.1) is 29.8 Å². The Bertz CT molecular complexity index is 953. The number of nitrogens with one attached hydrogen (secondary N) is 1. The van der Waals surface area contributed by atoms with E-state index in [1.54, 1.807) is 10.6 Å². The fourth-order valence-electron chi connectivity index (χ4n) is 3.44. The van der Waals surface area contributed by atoms with E-state index < -0.39 is 0 Å². The van der Waals surface area contributed by atoms with Crippen molar-refractivity contribution in [1.82, 2.24) is 19.8 Å². The number of allylic oxidation sites excluding steroid dienone is 4. The molecule has 0 unspecified atom stereocenters. The second kappa shape index (κ2) is 9.48. The van der Waals surface area contributed by atoms with Crippen molar-refractivity contribution in [2.24, 2.45) is 0 Å². The number of benzene rings is 1. The van der Waals surface area contributed by atoms with Crippen molar-refractivity contribution < 1.29 is 4.74 Å². The molecule has 28 heavy (non-hydrogen) atoms. The molecular weight excluding hydrogens is 352 g/mol. The molecule has 0 atom stereocenters. The van der Waals surface area contributed by atoms with Crippen LogP contribution in [0.2, 0.25) is 0 Å². The Balaban J connectivity index is 2.20. The number of aromatic nitrogens is 2. The number of ether oxygens (including phenoxy) is 1. The molecule has 148 valence electrons. The predicted molar refractivity (Wildman–Crippen MR) is 114 cm³/mol. The first-order chi connectivity index (χ1) is 13.7. The highest BCUT2D eigenvalue weighted by Crippen LogP contribution is 2.21. The highest BCUT2D eigenvalue weighted by Gasteiger charge is 2.20. The van der Waals surface area contributed by atoms with E-state index in [9.17, 15) is 4.79 Å². The molecule has 6 heteroatoms. The van der Waals surface area contributed by atoms with Gasteiger partial charge < -0.3 is 10.1 Å². The quantitative estimate of drug-likeness (QED) is 0.591. The van der Waals surface area contributed by atoms with Gasteiger partial charge in [0, 0.05) is 26.2 Å². The number of rotatable bonds is 7. The van der Waals surface area contributed by atoms with Gasteiger partial charge in [-0.15, -0.1) is 0 Å². The van der Waals surface area contributed by atoms with Gasteiger partial charge in [-0.05, 0) is 38.1 Å². The van der Waals surface area contributed by atoms with Crippen molar-refractivity contribution in [1.29, 1.82) is 0 Å². The van der Waals surface area contributed by atoms with E-state index in [0.717, 1.165) is 26.2 Å². The van der Waals surface area contributed by atoms with Gasteiger partial charge in [0.1, 0.15) is 11.6 Å². The summed E-state index contributed by atoms with van der Waals surface area (Å²) >= 11 is 0. The molecule has 2 aromatic rings. The Kier molecular flexibility index (Phi) is 6.79. The molecule has 0 bridgehead atoms. The van der Waals surface area contributed by atoms with Crippen LogP contribution in [0.5, 0.6) is 0 Å². The van der Waals surface area contributed by atoms with Gasteiger partial charge in [0.25, 0.3) is 5.56 Å². The van der Waals surface area contributed by atoms with E-state index in [1.165, 1.54) is 0 Å². The summed E-state index contributed by atoms with van der Waals surface area (Å²) in [6.45, 7) is 12.5. The zero-order valence-electron chi connectivity index (χ0n) is 16.6. The SMILES string of the molecule is C=C/C=C(\C(=C/C)OCC)n1c(CN2CCNCC2)nc2ccccc2c1=O. The van der Waals surface area contributed by atoms with Crippen LogP contribution in [0.15, 0.2) is 59.6 Å². The number of para-hydroxylation sites is 1. The molecule has 0 amide bonds. The fourth-order valence-corrected chi connectivity index (χ4v) is 3.44. The van der Waals surface area contributed by atoms with Crippen LogP contribution in [-0.4, -0.2) is 47.2 Å². The van der Waals surface area contributed by atoms with Gasteiger partial charge in [-0.3, -0.25) is 14.3 Å². The molecule has 1 aromatic carbocycles. The standard InChI is InChI=1S/C22H28N4O2/c1-4-9-19(20(5-2)28-6-3)26-21(16-25-14-12-23-13-15-25)24-18-11-8-7-10-17(18)22(26)27/h4-5,7-11,23H,1,6,12-16H2,2-3H3/b19-9+,20-5+. The first kappa shape index (κ1) is 20.0. The molecule has 1 saturated heterocycles. The lowest BCUT2D eigenvalue weighted by atomic mass is 10.2. The minimum Gasteiger partial charge on any atom is -0.492 e. The fraction of sp³-hybridized carbons (Fsp3) is 0.364. The molecular formula is C22H28N4O2. The molecule has 1 N–H and O–H groups in total. The summed E-state index contributed by atoms with van der Waals surface area (Å²) < 4.78 is 7.48. The summed E-state index contributed by atoms with van der Waals surface area (Å²) in [5.74, 6) is 1.35. The molecule has 1 aliphatic heterocycles. The van der Waals surface area contributed by atoms with Crippen molar-refractivity contribution >= 4 is 16.6 Å². The molecule has 3 rings (SSSR count). The van der Waals surface area contributed by atoms with E-state index >= 15 is 0 Å². The van der Waals surface area contributed by atoms with Crippen LogP contribution >= 0.6 is 0 Å². The normalized spacial score (nSPS) is 16.4. The van der Waals surface area contributed by atoms with E-state index in [2.05, 4.69) is 16.8 Å².